The number of carboxylic acid groups (broad SMARTS) is 1. The highest BCUT2D eigenvalue weighted by Gasteiger charge is 2.10. The van der Waals surface area contributed by atoms with Gasteiger partial charge in [-0.25, -0.2) is 18.6 Å². The van der Waals surface area contributed by atoms with E-state index in [2.05, 4.69) is 4.98 Å². The molecular formula is C14H8F2N2O2. The van der Waals surface area contributed by atoms with Gasteiger partial charge in [-0.15, -0.1) is 0 Å². The summed E-state index contributed by atoms with van der Waals surface area (Å²) in [6.45, 7) is 0. The summed E-state index contributed by atoms with van der Waals surface area (Å²) in [5, 5.41) is 8.91. The van der Waals surface area contributed by atoms with E-state index in [4.69, 9.17) is 5.11 Å². The number of aromatic nitrogens is 2. The molecule has 100 valence electrons. The molecule has 4 nitrogen and oxygen atoms in total. The fraction of sp³-hybridized carbons (Fsp3) is 0. The van der Waals surface area contributed by atoms with Crippen molar-refractivity contribution in [2.24, 2.45) is 0 Å². The number of halogens is 2. The molecule has 0 aliphatic carbocycles. The second-order valence-electron chi connectivity index (χ2n) is 4.24. The van der Waals surface area contributed by atoms with Crippen molar-refractivity contribution in [3.63, 3.8) is 0 Å². The smallest absolute Gasteiger partial charge is 0.337 e. The maximum atomic E-state index is 13.2. The third-order valence-electron chi connectivity index (χ3n) is 2.91. The van der Waals surface area contributed by atoms with Gasteiger partial charge >= 0.3 is 5.97 Å². The van der Waals surface area contributed by atoms with Crippen LogP contribution in [0.2, 0.25) is 0 Å². The fourth-order valence-electron chi connectivity index (χ4n) is 1.91. The normalized spacial score (nSPS) is 10.9. The van der Waals surface area contributed by atoms with Crippen molar-refractivity contribution in [3.8, 4) is 11.3 Å². The fourth-order valence-corrected chi connectivity index (χ4v) is 1.91. The van der Waals surface area contributed by atoms with E-state index in [9.17, 15) is 13.6 Å². The minimum atomic E-state index is -1.05. The number of carboxylic acids is 1. The molecule has 1 N–H and O–H groups in total. The summed E-state index contributed by atoms with van der Waals surface area (Å²) < 4.78 is 27.6. The molecule has 3 aromatic rings. The zero-order valence-corrected chi connectivity index (χ0v) is 10.0. The lowest BCUT2D eigenvalue weighted by Crippen LogP contribution is -1.97. The summed E-state index contributed by atoms with van der Waals surface area (Å²) in [6.07, 6.45) is 2.97. The Morgan fingerprint density at radius 1 is 1.10 bits per heavy atom. The first kappa shape index (κ1) is 12.3. The Kier molecular flexibility index (Phi) is 2.71. The minimum Gasteiger partial charge on any atom is -0.478 e. The molecule has 2 aromatic heterocycles. The highest BCUT2D eigenvalue weighted by atomic mass is 19.2. The number of carbonyl (C=O) groups is 1. The van der Waals surface area contributed by atoms with Crippen LogP contribution in [0.4, 0.5) is 8.78 Å². The Labute approximate surface area is 111 Å². The first-order chi connectivity index (χ1) is 9.54. The maximum absolute atomic E-state index is 13.2. The topological polar surface area (TPSA) is 54.6 Å². The third kappa shape index (κ3) is 2.01. The summed E-state index contributed by atoms with van der Waals surface area (Å²) in [4.78, 5) is 15.1. The van der Waals surface area contributed by atoms with Crippen molar-refractivity contribution < 1.29 is 18.7 Å². The standard InChI is InChI=1S/C14H8F2N2O2/c15-10-3-1-8(5-11(10)16)12-7-18-6-9(14(19)20)2-4-13(18)17-12/h1-7H,(H,19,20). The molecule has 0 aliphatic rings. The second-order valence-corrected chi connectivity index (χ2v) is 4.24. The van der Waals surface area contributed by atoms with Crippen molar-refractivity contribution in [1.29, 1.82) is 0 Å². The molecule has 0 atom stereocenters. The van der Waals surface area contributed by atoms with E-state index in [0.717, 1.165) is 12.1 Å². The number of nitrogens with zero attached hydrogens (tertiary/aromatic N) is 2. The molecule has 0 aliphatic heterocycles. The highest BCUT2D eigenvalue weighted by Crippen LogP contribution is 2.21. The molecule has 0 fully saturated rings. The number of hydrogen-bond acceptors (Lipinski definition) is 2. The summed E-state index contributed by atoms with van der Waals surface area (Å²) in [6, 6.07) is 6.47. The average molecular weight is 274 g/mol. The molecular weight excluding hydrogens is 266 g/mol. The van der Waals surface area contributed by atoms with E-state index >= 15 is 0 Å². The summed E-state index contributed by atoms with van der Waals surface area (Å²) in [5.74, 6) is -2.92. The Bertz CT molecular complexity index is 827. The van der Waals surface area contributed by atoms with Crippen LogP contribution < -0.4 is 0 Å². The first-order valence-electron chi connectivity index (χ1n) is 5.72. The number of hydrogen-bond donors (Lipinski definition) is 1. The number of pyridine rings is 1. The van der Waals surface area contributed by atoms with E-state index < -0.39 is 17.6 Å². The predicted octanol–water partition coefficient (Wildman–Crippen LogP) is 2.98. The van der Waals surface area contributed by atoms with Crippen molar-refractivity contribution in [2.45, 2.75) is 0 Å². The van der Waals surface area contributed by atoms with Gasteiger partial charge in [0.25, 0.3) is 0 Å². The molecule has 0 amide bonds. The van der Waals surface area contributed by atoms with Crippen LogP contribution in [-0.2, 0) is 0 Å². The third-order valence-corrected chi connectivity index (χ3v) is 2.91. The molecule has 2 heterocycles. The van der Waals surface area contributed by atoms with E-state index in [1.807, 2.05) is 0 Å². The van der Waals surface area contributed by atoms with Crippen LogP contribution in [-0.4, -0.2) is 20.5 Å². The second kappa shape index (κ2) is 4.41. The molecule has 0 saturated carbocycles. The van der Waals surface area contributed by atoms with E-state index in [1.54, 1.807) is 12.3 Å². The monoisotopic (exact) mass is 274 g/mol. The summed E-state index contributed by atoms with van der Waals surface area (Å²) in [7, 11) is 0. The molecule has 0 spiro atoms. The number of benzene rings is 1. The zero-order chi connectivity index (χ0) is 14.3. The van der Waals surface area contributed by atoms with Crippen LogP contribution >= 0.6 is 0 Å². The molecule has 1 aromatic carbocycles. The van der Waals surface area contributed by atoms with E-state index in [1.165, 1.54) is 22.7 Å². The molecule has 0 saturated heterocycles. The first-order valence-corrected chi connectivity index (χ1v) is 5.72. The van der Waals surface area contributed by atoms with Gasteiger partial charge in [-0.3, -0.25) is 0 Å². The molecule has 3 rings (SSSR count). The quantitative estimate of drug-likeness (QED) is 0.781. The lowest BCUT2D eigenvalue weighted by Gasteiger charge is -1.97. The van der Waals surface area contributed by atoms with Crippen LogP contribution in [0.3, 0.4) is 0 Å². The Morgan fingerprint density at radius 3 is 2.60 bits per heavy atom. The van der Waals surface area contributed by atoms with Gasteiger partial charge in [0.2, 0.25) is 0 Å². The average Bonchev–Trinajstić information content (AvgIpc) is 2.84. The summed E-state index contributed by atoms with van der Waals surface area (Å²) in [5.41, 5.74) is 1.50. The molecule has 0 unspecified atom stereocenters. The van der Waals surface area contributed by atoms with Gasteiger partial charge in [-0.05, 0) is 30.3 Å². The Morgan fingerprint density at radius 2 is 1.90 bits per heavy atom. The van der Waals surface area contributed by atoms with E-state index in [0.29, 0.717) is 16.9 Å². The molecule has 0 bridgehead atoms. The van der Waals surface area contributed by atoms with Gasteiger partial charge in [0.15, 0.2) is 11.6 Å². The Balaban J connectivity index is 2.12. The molecule has 6 heteroatoms. The molecule has 0 radical (unpaired) electrons. The van der Waals surface area contributed by atoms with Gasteiger partial charge in [-0.1, -0.05) is 0 Å². The van der Waals surface area contributed by atoms with Crippen LogP contribution in [0, 0.1) is 11.6 Å². The predicted molar refractivity (Wildman–Crippen MR) is 67.5 cm³/mol. The largest absolute Gasteiger partial charge is 0.478 e. The Hall–Kier alpha value is -2.76. The minimum absolute atomic E-state index is 0.117. The van der Waals surface area contributed by atoms with Gasteiger partial charge < -0.3 is 9.51 Å². The van der Waals surface area contributed by atoms with Crippen LogP contribution in [0.25, 0.3) is 16.9 Å². The number of rotatable bonds is 2. The van der Waals surface area contributed by atoms with E-state index in [-0.39, 0.29) is 5.56 Å². The molecule has 20 heavy (non-hydrogen) atoms. The van der Waals surface area contributed by atoms with Crippen molar-refractivity contribution >= 4 is 11.6 Å². The summed E-state index contributed by atoms with van der Waals surface area (Å²) >= 11 is 0. The van der Waals surface area contributed by atoms with Crippen molar-refractivity contribution in [2.75, 3.05) is 0 Å². The maximum Gasteiger partial charge on any atom is 0.337 e. The van der Waals surface area contributed by atoms with Gasteiger partial charge in [-0.2, -0.15) is 0 Å². The van der Waals surface area contributed by atoms with Crippen LogP contribution in [0.15, 0.2) is 42.7 Å². The van der Waals surface area contributed by atoms with Gasteiger partial charge in [0.1, 0.15) is 5.65 Å². The highest BCUT2D eigenvalue weighted by molar-refractivity contribution is 5.87. The van der Waals surface area contributed by atoms with Crippen LogP contribution in [0.1, 0.15) is 10.4 Å². The number of fused-ring (bicyclic) bond motifs is 1. The van der Waals surface area contributed by atoms with Crippen LogP contribution in [0.5, 0.6) is 0 Å². The van der Waals surface area contributed by atoms with Crippen molar-refractivity contribution in [3.05, 3.63) is 59.9 Å². The zero-order valence-electron chi connectivity index (χ0n) is 10.0. The van der Waals surface area contributed by atoms with Gasteiger partial charge in [0, 0.05) is 18.0 Å². The lowest BCUT2D eigenvalue weighted by atomic mass is 10.1. The number of imidazole rings is 1. The van der Waals surface area contributed by atoms with Gasteiger partial charge in [0.05, 0.1) is 11.3 Å². The number of aromatic carboxylic acids is 1. The lowest BCUT2D eigenvalue weighted by molar-refractivity contribution is 0.0696. The van der Waals surface area contributed by atoms with Crippen molar-refractivity contribution in [1.82, 2.24) is 9.38 Å². The SMILES string of the molecule is O=C(O)c1ccc2nc(-c3ccc(F)c(F)c3)cn2c1.